The lowest BCUT2D eigenvalue weighted by molar-refractivity contribution is -0.129. The number of halogens is 1. The summed E-state index contributed by atoms with van der Waals surface area (Å²) in [5.74, 6) is 0.179. The summed E-state index contributed by atoms with van der Waals surface area (Å²) in [4.78, 5) is 16.7. The highest BCUT2D eigenvalue weighted by Gasteiger charge is 2.24. The number of benzene rings is 3. The van der Waals surface area contributed by atoms with Crippen LogP contribution in [0.25, 0.3) is 6.08 Å². The highest BCUT2D eigenvalue weighted by Crippen LogP contribution is 2.25. The molecule has 4 nitrogen and oxygen atoms in total. The van der Waals surface area contributed by atoms with Crippen LogP contribution in [-0.2, 0) is 21.6 Å². The molecular weight excluding hydrogens is 405 g/mol. The fraction of sp³-hybridized carbons (Fsp3) is 0.185. The molecule has 0 atom stereocenters. The lowest BCUT2D eigenvalue weighted by Gasteiger charge is -2.18. The van der Waals surface area contributed by atoms with E-state index in [2.05, 4.69) is 25.8 Å². The molecule has 0 spiro atoms. The maximum absolute atomic E-state index is 13.3. The summed E-state index contributed by atoms with van der Waals surface area (Å²) in [5.41, 5.74) is 3.79. The minimum Gasteiger partial charge on any atom is -0.489 e. The topological polar surface area (TPSA) is 47.9 Å². The predicted molar refractivity (Wildman–Crippen MR) is 123 cm³/mol. The molecule has 4 rings (SSSR count). The van der Waals surface area contributed by atoms with Crippen molar-refractivity contribution in [1.29, 1.82) is 0 Å². The van der Waals surface area contributed by atoms with Gasteiger partial charge >= 0.3 is 5.97 Å². The summed E-state index contributed by atoms with van der Waals surface area (Å²) >= 11 is 0. The molecule has 1 heterocycles. The summed E-state index contributed by atoms with van der Waals surface area (Å²) in [6, 6.07) is 21.4. The van der Waals surface area contributed by atoms with Crippen molar-refractivity contribution in [2.75, 3.05) is 0 Å². The number of carbonyl (C=O) groups is 1. The fourth-order valence-electron chi connectivity index (χ4n) is 3.26. The number of hydrogen-bond acceptors (Lipinski definition) is 4. The molecule has 5 heteroatoms. The van der Waals surface area contributed by atoms with Gasteiger partial charge in [-0.3, -0.25) is 0 Å². The van der Waals surface area contributed by atoms with Crippen LogP contribution < -0.4 is 4.74 Å². The Labute approximate surface area is 187 Å². The first-order valence-corrected chi connectivity index (χ1v) is 10.4. The lowest BCUT2D eigenvalue weighted by Crippen LogP contribution is -2.11. The first-order chi connectivity index (χ1) is 15.3. The monoisotopic (exact) mass is 429 g/mol. The van der Waals surface area contributed by atoms with E-state index in [0.717, 1.165) is 16.7 Å². The highest BCUT2D eigenvalue weighted by molar-refractivity contribution is 6.12. The van der Waals surface area contributed by atoms with Crippen LogP contribution in [-0.4, -0.2) is 11.9 Å². The normalized spacial score (nSPS) is 14.9. The van der Waals surface area contributed by atoms with Crippen LogP contribution >= 0.6 is 0 Å². The zero-order valence-electron chi connectivity index (χ0n) is 18.3. The zero-order chi connectivity index (χ0) is 22.7. The van der Waals surface area contributed by atoms with Crippen molar-refractivity contribution in [3.8, 4) is 5.75 Å². The van der Waals surface area contributed by atoms with Gasteiger partial charge in [0.2, 0.25) is 5.90 Å². The quantitative estimate of drug-likeness (QED) is 0.367. The molecule has 0 aliphatic carbocycles. The second-order valence-corrected chi connectivity index (χ2v) is 8.65. The van der Waals surface area contributed by atoms with Crippen LogP contribution in [0.1, 0.15) is 43.0 Å². The smallest absolute Gasteiger partial charge is 0.363 e. The fourth-order valence-corrected chi connectivity index (χ4v) is 3.26. The molecule has 0 saturated carbocycles. The molecule has 0 amide bonds. The van der Waals surface area contributed by atoms with Crippen LogP contribution in [0.5, 0.6) is 5.75 Å². The number of carbonyl (C=O) groups excluding carboxylic acids is 1. The van der Waals surface area contributed by atoms with Gasteiger partial charge in [-0.25, -0.2) is 14.2 Å². The molecule has 0 aromatic heterocycles. The first kappa shape index (κ1) is 21.5. The molecule has 1 aliphatic rings. The number of aliphatic imine (C=N–C) groups is 1. The number of rotatable bonds is 5. The Balaban J connectivity index is 1.45. The molecule has 3 aromatic carbocycles. The Morgan fingerprint density at radius 1 is 1.00 bits per heavy atom. The molecule has 162 valence electrons. The van der Waals surface area contributed by atoms with Gasteiger partial charge in [0.25, 0.3) is 0 Å². The standard InChI is InChI=1S/C27H24FNO3/c1-27(2,3)21-11-9-20(10-12-21)25-29-24(26(30)32-25)16-18-7-13-23(14-8-18)31-17-19-5-4-6-22(28)15-19/h4-16H,17H2,1-3H3/b24-16+. The van der Waals surface area contributed by atoms with Crippen molar-refractivity contribution in [3.63, 3.8) is 0 Å². The van der Waals surface area contributed by atoms with Crippen molar-refractivity contribution in [2.24, 2.45) is 4.99 Å². The second kappa shape index (κ2) is 8.79. The Bertz CT molecular complexity index is 1190. The van der Waals surface area contributed by atoms with Gasteiger partial charge in [0.05, 0.1) is 0 Å². The second-order valence-electron chi connectivity index (χ2n) is 8.65. The number of nitrogens with zero attached hydrogens (tertiary/aromatic N) is 1. The number of esters is 1. The molecule has 1 aliphatic heterocycles. The average molecular weight is 429 g/mol. The Morgan fingerprint density at radius 2 is 1.72 bits per heavy atom. The average Bonchev–Trinajstić information content (AvgIpc) is 3.13. The zero-order valence-corrected chi connectivity index (χ0v) is 18.3. The third-order valence-corrected chi connectivity index (χ3v) is 5.10. The third-order valence-electron chi connectivity index (χ3n) is 5.10. The lowest BCUT2D eigenvalue weighted by atomic mass is 9.87. The van der Waals surface area contributed by atoms with E-state index >= 15 is 0 Å². The van der Waals surface area contributed by atoms with Crippen molar-refractivity contribution in [2.45, 2.75) is 32.8 Å². The summed E-state index contributed by atoms with van der Waals surface area (Å²) < 4.78 is 24.3. The van der Waals surface area contributed by atoms with Gasteiger partial charge in [0.15, 0.2) is 5.70 Å². The van der Waals surface area contributed by atoms with Crippen molar-refractivity contribution in [3.05, 3.63) is 107 Å². The maximum atomic E-state index is 13.3. The summed E-state index contributed by atoms with van der Waals surface area (Å²) in [6.45, 7) is 6.71. The molecule has 0 radical (unpaired) electrons. The van der Waals surface area contributed by atoms with E-state index in [9.17, 15) is 9.18 Å². The minimum absolute atomic E-state index is 0.0465. The van der Waals surface area contributed by atoms with E-state index in [-0.39, 0.29) is 23.5 Å². The van der Waals surface area contributed by atoms with Gasteiger partial charge in [0.1, 0.15) is 18.2 Å². The number of cyclic esters (lactones) is 1. The van der Waals surface area contributed by atoms with Crippen LogP contribution in [0.2, 0.25) is 0 Å². The molecule has 32 heavy (non-hydrogen) atoms. The summed E-state index contributed by atoms with van der Waals surface area (Å²) in [6.07, 6.45) is 1.68. The van der Waals surface area contributed by atoms with E-state index in [4.69, 9.17) is 9.47 Å². The van der Waals surface area contributed by atoms with Crippen molar-refractivity contribution < 1.29 is 18.7 Å². The molecule has 3 aromatic rings. The van der Waals surface area contributed by atoms with Gasteiger partial charge in [-0.2, -0.15) is 0 Å². The van der Waals surface area contributed by atoms with E-state index in [0.29, 0.717) is 11.6 Å². The van der Waals surface area contributed by atoms with Gasteiger partial charge in [-0.05, 0) is 64.6 Å². The SMILES string of the molecule is CC(C)(C)c1ccc(C2=N/C(=C/c3ccc(OCc4cccc(F)c4)cc3)C(=O)O2)cc1. The Hall–Kier alpha value is -3.73. The van der Waals surface area contributed by atoms with E-state index in [1.54, 1.807) is 30.3 Å². The van der Waals surface area contributed by atoms with Gasteiger partial charge in [0, 0.05) is 5.56 Å². The van der Waals surface area contributed by atoms with E-state index in [1.165, 1.54) is 17.7 Å². The Morgan fingerprint density at radius 3 is 2.38 bits per heavy atom. The largest absolute Gasteiger partial charge is 0.489 e. The molecule has 0 N–H and O–H groups in total. The number of ether oxygens (including phenoxy) is 2. The van der Waals surface area contributed by atoms with Crippen LogP contribution in [0.15, 0.2) is 83.5 Å². The van der Waals surface area contributed by atoms with Gasteiger partial charge in [-0.1, -0.05) is 57.2 Å². The third kappa shape index (κ3) is 5.11. The summed E-state index contributed by atoms with van der Waals surface area (Å²) in [7, 11) is 0. The van der Waals surface area contributed by atoms with Gasteiger partial charge in [-0.15, -0.1) is 0 Å². The van der Waals surface area contributed by atoms with Gasteiger partial charge < -0.3 is 9.47 Å². The van der Waals surface area contributed by atoms with Crippen LogP contribution in [0.4, 0.5) is 4.39 Å². The highest BCUT2D eigenvalue weighted by atomic mass is 19.1. The van der Waals surface area contributed by atoms with E-state index < -0.39 is 5.97 Å². The molecule has 0 fully saturated rings. The molecule has 0 bridgehead atoms. The number of hydrogen-bond donors (Lipinski definition) is 0. The maximum Gasteiger partial charge on any atom is 0.363 e. The first-order valence-electron chi connectivity index (χ1n) is 10.4. The van der Waals surface area contributed by atoms with Crippen molar-refractivity contribution >= 4 is 17.9 Å². The van der Waals surface area contributed by atoms with Crippen LogP contribution in [0.3, 0.4) is 0 Å². The summed E-state index contributed by atoms with van der Waals surface area (Å²) in [5, 5.41) is 0. The van der Waals surface area contributed by atoms with E-state index in [1.807, 2.05) is 36.4 Å². The van der Waals surface area contributed by atoms with Crippen molar-refractivity contribution in [1.82, 2.24) is 0 Å². The Kier molecular flexibility index (Phi) is 5.91. The molecule has 0 saturated heterocycles. The molecule has 0 unspecified atom stereocenters. The minimum atomic E-state index is -0.480. The predicted octanol–water partition coefficient (Wildman–Crippen LogP) is 6.05. The van der Waals surface area contributed by atoms with Crippen LogP contribution in [0, 0.1) is 5.82 Å². The molecular formula is C27H24FNO3.